The van der Waals surface area contributed by atoms with Crippen molar-refractivity contribution in [1.82, 2.24) is 10.0 Å². The lowest BCUT2D eigenvalue weighted by Crippen LogP contribution is -2.37. The molecule has 0 spiro atoms. The van der Waals surface area contributed by atoms with Crippen molar-refractivity contribution in [3.63, 3.8) is 0 Å². The highest BCUT2D eigenvalue weighted by Gasteiger charge is 2.30. The van der Waals surface area contributed by atoms with Crippen LogP contribution in [0.25, 0.3) is 0 Å². The monoisotopic (exact) mass is 371 g/mol. The number of esters is 1. The molecule has 11 heteroatoms. The molecule has 10 nitrogen and oxygen atoms in total. The minimum atomic E-state index is -3.87. The van der Waals surface area contributed by atoms with E-state index in [9.17, 15) is 22.8 Å². The second-order valence-electron chi connectivity index (χ2n) is 5.25. The molecule has 1 aromatic carbocycles. The number of sulfonamides is 1. The van der Waals surface area contributed by atoms with Crippen LogP contribution in [0.1, 0.15) is 23.2 Å². The summed E-state index contributed by atoms with van der Waals surface area (Å²) in [6.07, 6.45) is 1.50. The summed E-state index contributed by atoms with van der Waals surface area (Å²) in [5, 5.41) is 1.73. The van der Waals surface area contributed by atoms with Crippen molar-refractivity contribution in [2.45, 2.75) is 23.8 Å². The van der Waals surface area contributed by atoms with Crippen molar-refractivity contribution >= 4 is 27.9 Å². The maximum Gasteiger partial charge on any atom is 0.338 e. The van der Waals surface area contributed by atoms with Crippen molar-refractivity contribution in [3.05, 3.63) is 23.8 Å². The number of urea groups is 1. The lowest BCUT2D eigenvalue weighted by atomic mass is 10.2. The fraction of sp³-hybridized carbons (Fsp3) is 0.357. The Labute approximate surface area is 143 Å². The lowest BCUT2D eigenvalue weighted by Gasteiger charge is -2.12. The molecule has 0 bridgehead atoms. The van der Waals surface area contributed by atoms with Crippen molar-refractivity contribution < 1.29 is 32.3 Å². The molecule has 136 valence electrons. The van der Waals surface area contributed by atoms with Gasteiger partial charge in [0.25, 0.3) is 5.91 Å². The van der Waals surface area contributed by atoms with Crippen LogP contribution < -0.4 is 20.5 Å². The van der Waals surface area contributed by atoms with Crippen LogP contribution in [-0.2, 0) is 19.6 Å². The zero-order chi connectivity index (χ0) is 18.6. The van der Waals surface area contributed by atoms with Gasteiger partial charge in [-0.15, -0.1) is 0 Å². The van der Waals surface area contributed by atoms with Gasteiger partial charge in [0.2, 0.25) is 10.0 Å². The summed E-state index contributed by atoms with van der Waals surface area (Å²) in [6.45, 7) is -0.740. The SMILES string of the molecule is COc1ccc(C(=O)OCC(=O)NC(N)=O)cc1S(=O)(=O)NC1CC1. The number of primary amides is 1. The van der Waals surface area contributed by atoms with Gasteiger partial charge in [-0.3, -0.25) is 10.1 Å². The first-order valence-corrected chi connectivity index (χ1v) is 8.68. The second-order valence-corrected chi connectivity index (χ2v) is 6.93. The molecule has 1 saturated carbocycles. The zero-order valence-electron chi connectivity index (χ0n) is 13.3. The highest BCUT2D eigenvalue weighted by Crippen LogP contribution is 2.28. The van der Waals surface area contributed by atoms with Crippen molar-refractivity contribution in [2.24, 2.45) is 5.73 Å². The first-order valence-electron chi connectivity index (χ1n) is 7.19. The van der Waals surface area contributed by atoms with E-state index in [1.807, 2.05) is 0 Å². The molecule has 2 rings (SSSR count). The van der Waals surface area contributed by atoms with E-state index in [0.717, 1.165) is 18.9 Å². The zero-order valence-corrected chi connectivity index (χ0v) is 14.1. The fourth-order valence-electron chi connectivity index (χ4n) is 1.89. The van der Waals surface area contributed by atoms with E-state index in [4.69, 9.17) is 15.2 Å². The Balaban J connectivity index is 2.16. The summed E-state index contributed by atoms with van der Waals surface area (Å²) in [5.74, 6) is -1.78. The van der Waals surface area contributed by atoms with E-state index in [1.54, 1.807) is 5.32 Å². The highest BCUT2D eigenvalue weighted by atomic mass is 32.2. The van der Waals surface area contributed by atoms with Crippen LogP contribution in [0.5, 0.6) is 5.75 Å². The highest BCUT2D eigenvalue weighted by molar-refractivity contribution is 7.89. The molecule has 0 atom stereocenters. The summed E-state index contributed by atoms with van der Waals surface area (Å²) in [6, 6.07) is 2.50. The van der Waals surface area contributed by atoms with Gasteiger partial charge < -0.3 is 15.2 Å². The van der Waals surface area contributed by atoms with Gasteiger partial charge in [-0.05, 0) is 31.0 Å². The fourth-order valence-corrected chi connectivity index (χ4v) is 3.39. The number of carbonyl (C=O) groups excluding carboxylic acids is 3. The third-order valence-electron chi connectivity index (χ3n) is 3.18. The number of rotatable bonds is 7. The number of imide groups is 1. The number of methoxy groups -OCH3 is 1. The largest absolute Gasteiger partial charge is 0.495 e. The van der Waals surface area contributed by atoms with Crippen LogP contribution in [-0.4, -0.2) is 46.1 Å². The van der Waals surface area contributed by atoms with Crippen molar-refractivity contribution in [2.75, 3.05) is 13.7 Å². The standard InChI is InChI=1S/C14H17N3O7S/c1-23-10-5-2-8(13(19)24-7-12(18)16-14(15)20)6-11(10)25(21,22)17-9-3-4-9/h2,5-6,9,17H,3-4,7H2,1H3,(H3,15,16,18,20). The van der Waals surface area contributed by atoms with Crippen molar-refractivity contribution in [3.8, 4) is 5.75 Å². The normalized spacial score (nSPS) is 13.8. The smallest absolute Gasteiger partial charge is 0.338 e. The number of amides is 3. The third-order valence-corrected chi connectivity index (χ3v) is 4.73. The molecule has 1 aliphatic carbocycles. The molecule has 1 fully saturated rings. The van der Waals surface area contributed by atoms with E-state index < -0.39 is 34.5 Å². The van der Waals surface area contributed by atoms with Crippen LogP contribution in [0.2, 0.25) is 0 Å². The Morgan fingerprint density at radius 3 is 2.52 bits per heavy atom. The third kappa shape index (κ3) is 5.16. The van der Waals surface area contributed by atoms with Crippen LogP contribution in [0.3, 0.4) is 0 Å². The number of benzene rings is 1. The topological polar surface area (TPSA) is 154 Å². The summed E-state index contributed by atoms with van der Waals surface area (Å²) < 4.78 is 36.9. The predicted molar refractivity (Wildman–Crippen MR) is 84.3 cm³/mol. The molecule has 0 aromatic heterocycles. The molecule has 0 heterocycles. The molecule has 0 radical (unpaired) electrons. The van der Waals surface area contributed by atoms with Gasteiger partial charge in [-0.1, -0.05) is 0 Å². The average molecular weight is 371 g/mol. The van der Waals surface area contributed by atoms with Gasteiger partial charge in [0.05, 0.1) is 12.7 Å². The summed E-state index contributed by atoms with van der Waals surface area (Å²) in [4.78, 5) is 33.5. The molecule has 1 aromatic rings. The lowest BCUT2D eigenvalue weighted by molar-refractivity contribution is -0.123. The van der Waals surface area contributed by atoms with Crippen molar-refractivity contribution in [1.29, 1.82) is 0 Å². The van der Waals surface area contributed by atoms with E-state index in [0.29, 0.717) is 0 Å². The predicted octanol–water partition coefficient (Wildman–Crippen LogP) is -0.512. The van der Waals surface area contributed by atoms with Gasteiger partial charge in [0, 0.05) is 6.04 Å². The van der Waals surface area contributed by atoms with Gasteiger partial charge >= 0.3 is 12.0 Å². The maximum absolute atomic E-state index is 12.4. The number of carbonyl (C=O) groups is 3. The van der Waals surface area contributed by atoms with E-state index >= 15 is 0 Å². The Hall–Kier alpha value is -2.66. The number of nitrogens with one attached hydrogen (secondary N) is 2. The summed E-state index contributed by atoms with van der Waals surface area (Å²) >= 11 is 0. The first kappa shape index (κ1) is 18.7. The molecule has 25 heavy (non-hydrogen) atoms. The second kappa shape index (κ2) is 7.49. The van der Waals surface area contributed by atoms with E-state index in [-0.39, 0.29) is 22.3 Å². The quantitative estimate of drug-likeness (QED) is 0.545. The van der Waals surface area contributed by atoms with Crippen LogP contribution in [0.4, 0.5) is 4.79 Å². The minimum absolute atomic E-state index is 0.0659. The molecule has 4 N–H and O–H groups in total. The molecule has 0 unspecified atom stereocenters. The Morgan fingerprint density at radius 1 is 1.28 bits per heavy atom. The maximum atomic E-state index is 12.4. The van der Waals surface area contributed by atoms with Gasteiger partial charge in [-0.25, -0.2) is 22.7 Å². The van der Waals surface area contributed by atoms with Crippen LogP contribution in [0, 0.1) is 0 Å². The van der Waals surface area contributed by atoms with E-state index in [1.165, 1.54) is 19.2 Å². The van der Waals surface area contributed by atoms with Crippen LogP contribution >= 0.6 is 0 Å². The first-order chi connectivity index (χ1) is 11.7. The Kier molecular flexibility index (Phi) is 5.59. The minimum Gasteiger partial charge on any atom is -0.495 e. The summed E-state index contributed by atoms with van der Waals surface area (Å²) in [5.41, 5.74) is 4.66. The van der Waals surface area contributed by atoms with Gasteiger partial charge in [0.1, 0.15) is 10.6 Å². The molecular formula is C14H17N3O7S. The Bertz CT molecular complexity index is 803. The molecule has 3 amide bonds. The number of hydrogen-bond donors (Lipinski definition) is 3. The van der Waals surface area contributed by atoms with E-state index in [2.05, 4.69) is 4.72 Å². The van der Waals surface area contributed by atoms with Crippen LogP contribution in [0.15, 0.2) is 23.1 Å². The van der Waals surface area contributed by atoms with Gasteiger partial charge in [0.15, 0.2) is 6.61 Å². The summed E-state index contributed by atoms with van der Waals surface area (Å²) in [7, 11) is -2.56. The van der Waals surface area contributed by atoms with Gasteiger partial charge in [-0.2, -0.15) is 0 Å². The molecular weight excluding hydrogens is 354 g/mol. The number of ether oxygens (including phenoxy) is 2. The Morgan fingerprint density at radius 2 is 1.96 bits per heavy atom. The molecule has 1 aliphatic rings. The molecule has 0 aliphatic heterocycles. The number of nitrogens with two attached hydrogens (primary N) is 1. The number of hydrogen-bond acceptors (Lipinski definition) is 7. The average Bonchev–Trinajstić information content (AvgIpc) is 3.34. The molecule has 0 saturated heterocycles.